The molecule has 1 saturated heterocycles. The van der Waals surface area contributed by atoms with E-state index in [-0.39, 0.29) is 12.3 Å². The van der Waals surface area contributed by atoms with E-state index in [2.05, 4.69) is 6.07 Å². The second-order valence-electron chi connectivity index (χ2n) is 8.16. The summed E-state index contributed by atoms with van der Waals surface area (Å²) in [4.78, 5) is 25.1. The molecule has 2 heterocycles. The van der Waals surface area contributed by atoms with Gasteiger partial charge < -0.3 is 14.3 Å². The monoisotopic (exact) mass is 435 g/mol. The summed E-state index contributed by atoms with van der Waals surface area (Å²) in [6.45, 7) is 3.12. The summed E-state index contributed by atoms with van der Waals surface area (Å²) in [5.74, 6) is -1.39. The molecule has 2 aromatic carbocycles. The van der Waals surface area contributed by atoms with Crippen molar-refractivity contribution in [1.82, 2.24) is 9.47 Å². The van der Waals surface area contributed by atoms with Crippen molar-refractivity contribution in [2.45, 2.75) is 31.9 Å². The highest BCUT2D eigenvalue weighted by molar-refractivity contribution is 5.83. The lowest BCUT2D eigenvalue weighted by atomic mass is 9.98. The minimum absolute atomic E-state index is 0.203. The molecule has 1 aromatic heterocycles. The summed E-state index contributed by atoms with van der Waals surface area (Å²) in [5, 5.41) is 19.0. The Morgan fingerprint density at radius 1 is 1.28 bits per heavy atom. The Morgan fingerprint density at radius 2 is 2.03 bits per heavy atom. The second-order valence-corrected chi connectivity index (χ2v) is 8.16. The van der Waals surface area contributed by atoms with E-state index in [4.69, 9.17) is 9.15 Å². The van der Waals surface area contributed by atoms with Crippen molar-refractivity contribution in [3.63, 3.8) is 0 Å². The third-order valence-electron chi connectivity index (χ3n) is 5.97. The first-order chi connectivity index (χ1) is 15.4. The molecule has 1 fully saturated rings. The number of rotatable bonds is 5. The number of benzene rings is 2. The van der Waals surface area contributed by atoms with Crippen LogP contribution in [0.25, 0.3) is 22.2 Å². The number of fused-ring (bicyclic) bond motifs is 1. The molecule has 32 heavy (non-hydrogen) atoms. The predicted molar refractivity (Wildman–Crippen MR) is 118 cm³/mol. The van der Waals surface area contributed by atoms with Crippen LogP contribution in [0.2, 0.25) is 0 Å². The molecule has 8 heteroatoms. The Balaban J connectivity index is 1.54. The predicted octanol–water partition coefficient (Wildman–Crippen LogP) is 2.72. The number of aliphatic carboxylic acids is 1. The summed E-state index contributed by atoms with van der Waals surface area (Å²) in [6.07, 6.45) is 0.282. The molecule has 0 aliphatic carbocycles. The number of aryl methyl sites for hydroxylation is 2. The molecule has 4 rings (SSSR count). The molecule has 166 valence electrons. The molecule has 1 N–H and O–H groups in total. The highest BCUT2D eigenvalue weighted by Crippen LogP contribution is 2.27. The van der Waals surface area contributed by atoms with Gasteiger partial charge in [0.05, 0.1) is 11.6 Å². The average Bonchev–Trinajstić information content (AvgIpc) is 2.96. The molecule has 0 bridgehead atoms. The first-order valence-electron chi connectivity index (χ1n) is 10.5. The number of nitrogens with zero attached hydrogens (tertiary/aromatic N) is 3. The fourth-order valence-electron chi connectivity index (χ4n) is 4.15. The van der Waals surface area contributed by atoms with Crippen LogP contribution in [0.4, 0.5) is 0 Å². The molecule has 1 aliphatic heterocycles. The van der Waals surface area contributed by atoms with Crippen molar-refractivity contribution in [2.75, 3.05) is 19.7 Å². The maximum absolute atomic E-state index is 11.8. The Bertz CT molecular complexity index is 1240. The Kier molecular flexibility index (Phi) is 6.12. The molecular weight excluding hydrogens is 410 g/mol. The molecule has 3 aromatic rings. The maximum Gasteiger partial charge on any atom is 0.419 e. The number of ether oxygens (including phenoxy) is 1. The van der Waals surface area contributed by atoms with Gasteiger partial charge in [0.2, 0.25) is 0 Å². The van der Waals surface area contributed by atoms with Crippen molar-refractivity contribution in [3.8, 4) is 17.2 Å². The normalized spacial score (nSPS) is 18.2. The Morgan fingerprint density at radius 3 is 2.72 bits per heavy atom. The van der Waals surface area contributed by atoms with E-state index in [0.717, 1.165) is 27.8 Å². The minimum Gasteiger partial charge on any atom is -0.479 e. The van der Waals surface area contributed by atoms with Gasteiger partial charge in [-0.15, -0.1) is 0 Å². The van der Waals surface area contributed by atoms with E-state index >= 15 is 0 Å². The zero-order valence-electron chi connectivity index (χ0n) is 18.1. The summed E-state index contributed by atoms with van der Waals surface area (Å²) in [6, 6.07) is 13.8. The molecule has 2 atom stereocenters. The number of aromatic nitrogens is 1. The lowest BCUT2D eigenvalue weighted by molar-refractivity contribution is -0.150. The van der Waals surface area contributed by atoms with E-state index in [1.807, 2.05) is 48.2 Å². The summed E-state index contributed by atoms with van der Waals surface area (Å²) >= 11 is 0. The van der Waals surface area contributed by atoms with Crippen molar-refractivity contribution < 1.29 is 19.1 Å². The number of nitriles is 1. The molecule has 8 nitrogen and oxygen atoms in total. The molecule has 1 aliphatic rings. The first kappa shape index (κ1) is 21.8. The van der Waals surface area contributed by atoms with E-state index in [9.17, 15) is 20.0 Å². The standard InChI is InChI=1S/C24H25N3O5/c1-15-10-18(12-20-22(15)32-24(30)26(20)2)17-6-4-16(5-7-17)11-19(13-25)27-8-3-9-31-21(14-27)23(28)29/h4-7,10,12,19,21H,3,8-9,11,14H2,1-2H3,(H,28,29)/t19?,21-/m0/s1. The molecule has 0 spiro atoms. The van der Waals surface area contributed by atoms with Crippen LogP contribution in [0.3, 0.4) is 0 Å². The van der Waals surface area contributed by atoms with Gasteiger partial charge in [-0.2, -0.15) is 5.26 Å². The molecule has 0 saturated carbocycles. The lowest BCUT2D eigenvalue weighted by Gasteiger charge is -2.26. The van der Waals surface area contributed by atoms with Crippen LogP contribution in [0.15, 0.2) is 45.6 Å². The smallest absolute Gasteiger partial charge is 0.419 e. The Labute approximate surface area is 185 Å². The third-order valence-corrected chi connectivity index (χ3v) is 5.97. The van der Waals surface area contributed by atoms with Crippen LogP contribution in [0.1, 0.15) is 17.5 Å². The second kappa shape index (κ2) is 8.99. The quantitative estimate of drug-likeness (QED) is 0.656. The van der Waals surface area contributed by atoms with Crippen molar-refractivity contribution in [2.24, 2.45) is 7.05 Å². The van der Waals surface area contributed by atoms with Crippen molar-refractivity contribution in [3.05, 3.63) is 58.1 Å². The van der Waals surface area contributed by atoms with Crippen LogP contribution in [0, 0.1) is 18.3 Å². The highest BCUT2D eigenvalue weighted by Gasteiger charge is 2.29. The summed E-state index contributed by atoms with van der Waals surface area (Å²) in [7, 11) is 1.69. The summed E-state index contributed by atoms with van der Waals surface area (Å²) in [5.41, 5.74) is 5.19. The van der Waals surface area contributed by atoms with Gasteiger partial charge in [0.25, 0.3) is 0 Å². The fourth-order valence-corrected chi connectivity index (χ4v) is 4.15. The van der Waals surface area contributed by atoms with Gasteiger partial charge in [-0.05, 0) is 47.7 Å². The van der Waals surface area contributed by atoms with Crippen molar-refractivity contribution in [1.29, 1.82) is 5.26 Å². The van der Waals surface area contributed by atoms with Gasteiger partial charge in [-0.1, -0.05) is 24.3 Å². The van der Waals surface area contributed by atoms with Crippen LogP contribution in [-0.2, 0) is 23.0 Å². The summed E-state index contributed by atoms with van der Waals surface area (Å²) < 4.78 is 12.2. The van der Waals surface area contributed by atoms with Crippen LogP contribution < -0.4 is 5.76 Å². The number of carbonyl (C=O) groups is 1. The number of hydrogen-bond acceptors (Lipinski definition) is 6. The number of hydrogen-bond donors (Lipinski definition) is 1. The lowest BCUT2D eigenvalue weighted by Crippen LogP contribution is -2.42. The van der Waals surface area contributed by atoms with E-state index in [1.54, 1.807) is 7.05 Å². The highest BCUT2D eigenvalue weighted by atomic mass is 16.5. The van der Waals surface area contributed by atoms with Crippen LogP contribution >= 0.6 is 0 Å². The van der Waals surface area contributed by atoms with E-state index in [0.29, 0.717) is 31.6 Å². The van der Waals surface area contributed by atoms with Crippen molar-refractivity contribution >= 4 is 17.1 Å². The number of carboxylic acid groups (broad SMARTS) is 1. The van der Waals surface area contributed by atoms with Gasteiger partial charge in [-0.3, -0.25) is 9.47 Å². The largest absolute Gasteiger partial charge is 0.479 e. The third kappa shape index (κ3) is 4.31. The fraction of sp³-hybridized carbons (Fsp3) is 0.375. The first-order valence-corrected chi connectivity index (χ1v) is 10.5. The van der Waals surface area contributed by atoms with Gasteiger partial charge in [0, 0.05) is 33.2 Å². The SMILES string of the molecule is Cc1cc(-c2ccc(CC(C#N)N3CCCO[C@H](C(=O)O)C3)cc2)cc2c1oc(=O)n2C. The maximum atomic E-state index is 11.8. The molecule has 1 unspecified atom stereocenters. The minimum atomic E-state index is -1.000. The average molecular weight is 435 g/mol. The number of oxazole rings is 1. The Hall–Kier alpha value is -3.41. The molecule has 0 amide bonds. The van der Waals surface area contributed by atoms with Gasteiger partial charge in [0.1, 0.15) is 6.04 Å². The van der Waals surface area contributed by atoms with Crippen LogP contribution in [-0.4, -0.2) is 52.4 Å². The molecule has 0 radical (unpaired) electrons. The van der Waals surface area contributed by atoms with E-state index < -0.39 is 18.1 Å². The zero-order chi connectivity index (χ0) is 22.8. The van der Waals surface area contributed by atoms with Gasteiger partial charge in [-0.25, -0.2) is 9.59 Å². The van der Waals surface area contributed by atoms with E-state index in [1.165, 1.54) is 4.57 Å². The van der Waals surface area contributed by atoms with Gasteiger partial charge in [0.15, 0.2) is 11.7 Å². The topological polar surface area (TPSA) is 109 Å². The van der Waals surface area contributed by atoms with Crippen LogP contribution in [0.5, 0.6) is 0 Å². The zero-order valence-corrected chi connectivity index (χ0v) is 18.1. The number of carboxylic acids is 1. The van der Waals surface area contributed by atoms with Gasteiger partial charge >= 0.3 is 11.7 Å². The molecular formula is C24H25N3O5.